The van der Waals surface area contributed by atoms with Crippen LogP contribution < -0.4 is 5.76 Å². The molecule has 0 spiro atoms. The van der Waals surface area contributed by atoms with Gasteiger partial charge in [0.15, 0.2) is 23.0 Å². The van der Waals surface area contributed by atoms with Crippen LogP contribution in [0.15, 0.2) is 51.8 Å². The van der Waals surface area contributed by atoms with Gasteiger partial charge in [-0.25, -0.2) is 23.2 Å². The first-order valence-corrected chi connectivity index (χ1v) is 9.19. The zero-order valence-corrected chi connectivity index (χ0v) is 16.6. The summed E-state index contributed by atoms with van der Waals surface area (Å²) in [4.78, 5) is 27.6. The molecule has 3 heterocycles. The number of Topliss-reactive ketones (excluding diaryl/α,β-unsaturated/α-hetero) is 1. The summed E-state index contributed by atoms with van der Waals surface area (Å²) in [5, 5.41) is 7.47. The van der Waals surface area contributed by atoms with Crippen LogP contribution in [0, 0.1) is 11.6 Å². The predicted octanol–water partition coefficient (Wildman–Crippen LogP) is 3.34. The van der Waals surface area contributed by atoms with Crippen LogP contribution in [-0.4, -0.2) is 30.3 Å². The number of halogens is 5. The second-order valence-electron chi connectivity index (χ2n) is 6.84. The highest BCUT2D eigenvalue weighted by Crippen LogP contribution is 2.33. The van der Waals surface area contributed by atoms with E-state index in [1.807, 2.05) is 0 Å². The van der Waals surface area contributed by atoms with Crippen molar-refractivity contribution < 1.29 is 31.2 Å². The smallest absolute Gasteiger partial charge is 0.386 e. The molecule has 8 nitrogen and oxygen atoms in total. The first-order valence-electron chi connectivity index (χ1n) is 9.19. The Labute approximate surface area is 180 Å². The van der Waals surface area contributed by atoms with Crippen LogP contribution in [-0.2, 0) is 19.6 Å². The van der Waals surface area contributed by atoms with E-state index in [0.717, 1.165) is 35.1 Å². The zero-order chi connectivity index (χ0) is 23.9. The third kappa shape index (κ3) is 4.29. The highest BCUT2D eigenvalue weighted by molar-refractivity contribution is 5.98. The third-order valence-electron chi connectivity index (χ3n) is 4.54. The summed E-state index contributed by atoms with van der Waals surface area (Å²) in [6.45, 7) is 0. The minimum absolute atomic E-state index is 0.211. The maximum atomic E-state index is 13.8. The Hall–Kier alpha value is -4.16. The van der Waals surface area contributed by atoms with Crippen molar-refractivity contribution in [1.29, 1.82) is 0 Å². The maximum absolute atomic E-state index is 13.8. The second-order valence-corrected chi connectivity index (χ2v) is 6.84. The molecular weight excluding hydrogens is 453 g/mol. The molecule has 0 amide bonds. The fraction of sp³-hybridized carbons (Fsp3) is 0.150. The predicted molar refractivity (Wildman–Crippen MR) is 101 cm³/mol. The molecule has 0 bridgehead atoms. The number of ketones is 1. The van der Waals surface area contributed by atoms with Crippen molar-refractivity contribution in [2.24, 2.45) is 7.05 Å². The molecule has 13 heteroatoms. The van der Waals surface area contributed by atoms with Gasteiger partial charge in [0.1, 0.15) is 11.6 Å². The molecule has 0 saturated carbocycles. The lowest BCUT2D eigenvalue weighted by Gasteiger charge is -2.10. The molecule has 0 aliphatic carbocycles. The minimum Gasteiger partial charge on any atom is -0.386 e. The number of carbonyl (C=O) groups is 1. The monoisotopic (exact) mass is 465 g/mol. The van der Waals surface area contributed by atoms with E-state index < -0.39 is 52.9 Å². The number of hydrogen-bond acceptors (Lipinski definition) is 6. The summed E-state index contributed by atoms with van der Waals surface area (Å²) < 4.78 is 74.2. The molecule has 170 valence electrons. The Morgan fingerprint density at radius 2 is 1.79 bits per heavy atom. The van der Waals surface area contributed by atoms with Crippen LogP contribution in [0.5, 0.6) is 0 Å². The number of nitrogens with zero attached hydrogens (tertiary/aromatic N) is 5. The van der Waals surface area contributed by atoms with Gasteiger partial charge in [-0.2, -0.15) is 23.0 Å². The van der Waals surface area contributed by atoms with Gasteiger partial charge in [0.2, 0.25) is 0 Å². The van der Waals surface area contributed by atoms with Gasteiger partial charge in [0.05, 0.1) is 5.56 Å². The van der Waals surface area contributed by atoms with Gasteiger partial charge in [-0.1, -0.05) is 12.1 Å². The SMILES string of the molecule is Cn1nc(-c2cc(C(F)(F)F)n(-c3ccc(CC(=O)c4c(F)cccc4F)cn3)n2)oc1=O. The van der Waals surface area contributed by atoms with E-state index in [4.69, 9.17) is 4.42 Å². The van der Waals surface area contributed by atoms with Gasteiger partial charge in [-0.15, -0.1) is 5.10 Å². The molecule has 3 aromatic heterocycles. The molecule has 4 aromatic rings. The molecule has 0 unspecified atom stereocenters. The van der Waals surface area contributed by atoms with Gasteiger partial charge < -0.3 is 4.42 Å². The summed E-state index contributed by atoms with van der Waals surface area (Å²) in [7, 11) is 1.26. The number of carbonyl (C=O) groups excluding carboxylic acids is 1. The van der Waals surface area contributed by atoms with Crippen LogP contribution >= 0.6 is 0 Å². The maximum Gasteiger partial charge on any atom is 0.437 e. The van der Waals surface area contributed by atoms with Crippen molar-refractivity contribution in [1.82, 2.24) is 24.5 Å². The topological polar surface area (TPSA) is 95.8 Å². The zero-order valence-electron chi connectivity index (χ0n) is 16.6. The van der Waals surface area contributed by atoms with Crippen molar-refractivity contribution in [3.05, 3.63) is 81.6 Å². The number of pyridine rings is 1. The normalized spacial score (nSPS) is 11.7. The first-order chi connectivity index (χ1) is 15.5. The van der Waals surface area contributed by atoms with E-state index in [1.54, 1.807) is 0 Å². The fourth-order valence-corrected chi connectivity index (χ4v) is 3.00. The Kier molecular flexibility index (Phi) is 5.39. The van der Waals surface area contributed by atoms with E-state index in [-0.39, 0.29) is 17.1 Å². The summed E-state index contributed by atoms with van der Waals surface area (Å²) in [5.74, 6) is -4.47. The number of aryl methyl sites for hydroxylation is 1. The summed E-state index contributed by atoms with van der Waals surface area (Å²) >= 11 is 0. The van der Waals surface area contributed by atoms with Crippen LogP contribution in [0.25, 0.3) is 17.4 Å². The van der Waals surface area contributed by atoms with Crippen LogP contribution in [0.4, 0.5) is 22.0 Å². The van der Waals surface area contributed by atoms with E-state index in [9.17, 15) is 31.5 Å². The molecular formula is C20H12F5N5O3. The second kappa shape index (κ2) is 8.07. The summed E-state index contributed by atoms with van der Waals surface area (Å²) in [5.41, 5.74) is -2.07. The van der Waals surface area contributed by atoms with Crippen molar-refractivity contribution >= 4 is 5.78 Å². The van der Waals surface area contributed by atoms with Gasteiger partial charge in [0, 0.05) is 25.7 Å². The molecule has 0 radical (unpaired) electrons. The van der Waals surface area contributed by atoms with Crippen molar-refractivity contribution in [2.45, 2.75) is 12.6 Å². The van der Waals surface area contributed by atoms with Crippen molar-refractivity contribution in [3.63, 3.8) is 0 Å². The van der Waals surface area contributed by atoms with E-state index in [1.165, 1.54) is 13.1 Å². The standard InChI is InChI=1S/C20H12F5N5O3/c1-29-19(32)33-18(28-29)13-8-15(20(23,24)25)30(27-13)16-6-5-10(9-26-16)7-14(31)17-11(21)3-2-4-12(17)22/h2-6,8-9H,7H2,1H3. The molecule has 0 aliphatic rings. The lowest BCUT2D eigenvalue weighted by Crippen LogP contribution is -2.14. The largest absolute Gasteiger partial charge is 0.437 e. The average Bonchev–Trinajstić information content (AvgIpc) is 3.32. The van der Waals surface area contributed by atoms with Gasteiger partial charge >= 0.3 is 11.9 Å². The number of benzene rings is 1. The number of hydrogen-bond donors (Lipinski definition) is 0. The molecule has 33 heavy (non-hydrogen) atoms. The number of aromatic nitrogens is 5. The number of rotatable bonds is 5. The third-order valence-corrected chi connectivity index (χ3v) is 4.54. The van der Waals surface area contributed by atoms with Gasteiger partial charge in [-0.3, -0.25) is 4.79 Å². The Morgan fingerprint density at radius 1 is 1.09 bits per heavy atom. The van der Waals surface area contributed by atoms with Crippen LogP contribution in [0.1, 0.15) is 21.6 Å². The Bertz CT molecular complexity index is 1380. The molecule has 0 fully saturated rings. The lowest BCUT2D eigenvalue weighted by molar-refractivity contribution is -0.142. The fourth-order valence-electron chi connectivity index (χ4n) is 3.00. The van der Waals surface area contributed by atoms with E-state index in [2.05, 4.69) is 15.2 Å². The van der Waals surface area contributed by atoms with E-state index in [0.29, 0.717) is 10.7 Å². The highest BCUT2D eigenvalue weighted by Gasteiger charge is 2.37. The molecule has 0 N–H and O–H groups in total. The summed E-state index contributed by atoms with van der Waals surface area (Å²) in [6, 6.07) is 6.07. The molecule has 1 aromatic carbocycles. The molecule has 0 atom stereocenters. The first kappa shape index (κ1) is 22.0. The molecule has 0 aliphatic heterocycles. The molecule has 0 saturated heterocycles. The van der Waals surface area contributed by atoms with Gasteiger partial charge in [0.25, 0.3) is 5.89 Å². The van der Waals surface area contributed by atoms with E-state index >= 15 is 0 Å². The van der Waals surface area contributed by atoms with Crippen LogP contribution in [0.3, 0.4) is 0 Å². The summed E-state index contributed by atoms with van der Waals surface area (Å²) in [6.07, 6.45) is -4.17. The lowest BCUT2D eigenvalue weighted by atomic mass is 10.0. The minimum atomic E-state index is -4.83. The quantitative estimate of drug-likeness (QED) is 0.331. The average molecular weight is 465 g/mol. The Morgan fingerprint density at radius 3 is 2.33 bits per heavy atom. The van der Waals surface area contributed by atoms with Crippen molar-refractivity contribution in [3.8, 4) is 17.4 Å². The highest BCUT2D eigenvalue weighted by atomic mass is 19.4. The number of alkyl halides is 3. The van der Waals surface area contributed by atoms with Crippen LogP contribution in [0.2, 0.25) is 0 Å². The van der Waals surface area contributed by atoms with Gasteiger partial charge in [-0.05, 0) is 23.8 Å². The molecule has 4 rings (SSSR count). The Balaban J connectivity index is 1.66. The van der Waals surface area contributed by atoms with Crippen molar-refractivity contribution in [2.75, 3.05) is 0 Å².